The van der Waals surface area contributed by atoms with Crippen molar-refractivity contribution < 1.29 is 24.6 Å². The molecular weight excluding hydrogens is 240 g/mol. The van der Waals surface area contributed by atoms with Gasteiger partial charge < -0.3 is 21.7 Å². The number of hydrogen-bond donors (Lipinski definition) is 4. The predicted molar refractivity (Wildman–Crippen MR) is 66.0 cm³/mol. The number of nitrogens with two attached hydrogens (primary N) is 2. The summed E-state index contributed by atoms with van der Waals surface area (Å²) in [5.74, 6) is -3.41. The number of unbranched alkanes of at least 4 members (excludes halogenated alkanes) is 1. The highest BCUT2D eigenvalue weighted by Gasteiger charge is 2.14. The summed E-state index contributed by atoms with van der Waals surface area (Å²) in [4.78, 5) is 30.2. The van der Waals surface area contributed by atoms with Gasteiger partial charge in [0, 0.05) is 5.92 Å². The van der Waals surface area contributed by atoms with E-state index in [2.05, 4.69) is 0 Å². The number of carboxylic acid groups (broad SMARTS) is 2. The van der Waals surface area contributed by atoms with Gasteiger partial charge >= 0.3 is 11.9 Å². The quantitative estimate of drug-likeness (QED) is 0.368. The minimum atomic E-state index is -1.35. The van der Waals surface area contributed by atoms with Crippen LogP contribution in [0.25, 0.3) is 0 Å². The molecule has 0 saturated heterocycles. The highest BCUT2D eigenvalue weighted by atomic mass is 16.4. The number of rotatable bonds is 7. The Balaban J connectivity index is 0. The van der Waals surface area contributed by atoms with Gasteiger partial charge in [-0.3, -0.25) is 9.59 Å². The van der Waals surface area contributed by atoms with Gasteiger partial charge in [0.15, 0.2) is 0 Å². The molecule has 0 aromatic carbocycles. The van der Waals surface area contributed by atoms with E-state index in [-0.39, 0.29) is 0 Å². The van der Waals surface area contributed by atoms with E-state index < -0.39 is 29.7 Å². The van der Waals surface area contributed by atoms with Crippen LogP contribution in [-0.4, -0.2) is 40.5 Å². The van der Waals surface area contributed by atoms with Gasteiger partial charge in [-0.1, -0.05) is 20.3 Å². The molecular formula is C11H22N2O5. The van der Waals surface area contributed by atoms with Crippen LogP contribution < -0.4 is 11.5 Å². The minimum absolute atomic E-state index is 0.396. The van der Waals surface area contributed by atoms with E-state index in [0.29, 0.717) is 13.0 Å². The van der Waals surface area contributed by atoms with Crippen LogP contribution >= 0.6 is 0 Å². The first kappa shape index (κ1) is 18.9. The van der Waals surface area contributed by atoms with E-state index in [1.165, 1.54) is 0 Å². The molecule has 0 aromatic rings. The number of hydrogen-bond acceptors (Lipinski definition) is 5. The molecule has 7 nitrogen and oxygen atoms in total. The van der Waals surface area contributed by atoms with Crippen molar-refractivity contribution in [1.29, 1.82) is 0 Å². The number of aliphatic carboxylic acids is 2. The van der Waals surface area contributed by atoms with Crippen molar-refractivity contribution in [3.63, 3.8) is 0 Å². The Kier molecular flexibility index (Phi) is 11.2. The van der Waals surface area contributed by atoms with Crippen LogP contribution in [0.4, 0.5) is 0 Å². The first-order valence-electron chi connectivity index (χ1n) is 5.69. The Bertz CT molecular complexity index is 279. The Labute approximate surface area is 106 Å². The van der Waals surface area contributed by atoms with E-state index in [1.54, 1.807) is 13.8 Å². The predicted octanol–water partition coefficient (Wildman–Crippen LogP) is -0.177. The summed E-state index contributed by atoms with van der Waals surface area (Å²) in [5, 5.41) is 16.3. The molecule has 0 aromatic heterocycles. The van der Waals surface area contributed by atoms with Crippen molar-refractivity contribution in [2.75, 3.05) is 6.54 Å². The number of carboxylic acids is 2. The molecule has 0 saturated carbocycles. The molecule has 0 rings (SSSR count). The fourth-order valence-corrected chi connectivity index (χ4v) is 0.879. The maximum absolute atomic E-state index is 10.2. The zero-order valence-electron chi connectivity index (χ0n) is 10.8. The van der Waals surface area contributed by atoms with Gasteiger partial charge in [-0.2, -0.15) is 0 Å². The van der Waals surface area contributed by atoms with Crippen LogP contribution in [-0.2, 0) is 14.4 Å². The van der Waals surface area contributed by atoms with Gasteiger partial charge in [-0.15, -0.1) is 0 Å². The van der Waals surface area contributed by atoms with E-state index in [1.807, 2.05) is 0 Å². The van der Waals surface area contributed by atoms with Crippen molar-refractivity contribution in [2.24, 2.45) is 17.4 Å². The van der Waals surface area contributed by atoms with Crippen LogP contribution in [0.15, 0.2) is 0 Å². The Hall–Kier alpha value is -1.47. The molecule has 0 aliphatic rings. The van der Waals surface area contributed by atoms with Gasteiger partial charge in [-0.05, 0) is 19.4 Å². The fourth-order valence-electron chi connectivity index (χ4n) is 0.879. The lowest BCUT2D eigenvalue weighted by molar-refractivity contribution is -0.150. The van der Waals surface area contributed by atoms with E-state index in [9.17, 15) is 14.4 Å². The molecule has 6 N–H and O–H groups in total. The molecule has 0 heterocycles. The summed E-state index contributed by atoms with van der Waals surface area (Å²) in [5.41, 5.74) is 10.4. The van der Waals surface area contributed by atoms with Crippen LogP contribution in [0.3, 0.4) is 0 Å². The van der Waals surface area contributed by atoms with Gasteiger partial charge in [0.1, 0.15) is 6.04 Å². The van der Waals surface area contributed by atoms with E-state index >= 15 is 0 Å². The topological polar surface area (TPSA) is 144 Å². The molecule has 0 fully saturated rings. The third-order valence-electron chi connectivity index (χ3n) is 2.02. The van der Waals surface area contributed by atoms with E-state index in [4.69, 9.17) is 21.7 Å². The molecule has 1 unspecified atom stereocenters. The third-order valence-corrected chi connectivity index (χ3v) is 2.02. The van der Waals surface area contributed by atoms with Crippen LogP contribution in [0, 0.1) is 5.92 Å². The summed E-state index contributed by atoms with van der Waals surface area (Å²) < 4.78 is 0. The van der Waals surface area contributed by atoms with Gasteiger partial charge in [0.25, 0.3) is 0 Å². The van der Waals surface area contributed by atoms with Crippen LogP contribution in [0.5, 0.6) is 0 Å². The van der Waals surface area contributed by atoms with Crippen molar-refractivity contribution >= 4 is 17.7 Å². The summed E-state index contributed by atoms with van der Waals surface area (Å²) in [7, 11) is 0. The molecule has 7 heteroatoms. The zero-order valence-corrected chi connectivity index (χ0v) is 10.8. The molecule has 106 valence electrons. The molecule has 0 radical (unpaired) electrons. The molecule has 0 aliphatic heterocycles. The maximum Gasteiger partial charge on any atom is 0.372 e. The highest BCUT2D eigenvalue weighted by Crippen LogP contribution is 1.97. The maximum atomic E-state index is 10.2. The lowest BCUT2D eigenvalue weighted by Crippen LogP contribution is -2.29. The lowest BCUT2D eigenvalue weighted by Gasteiger charge is -2.03. The molecule has 0 bridgehead atoms. The van der Waals surface area contributed by atoms with Gasteiger partial charge in [-0.25, -0.2) is 4.79 Å². The molecule has 0 aliphatic carbocycles. The largest absolute Gasteiger partial charge is 0.480 e. The highest BCUT2D eigenvalue weighted by molar-refractivity contribution is 6.33. The first-order chi connectivity index (χ1) is 8.23. The first-order valence-corrected chi connectivity index (χ1v) is 5.69. The van der Waals surface area contributed by atoms with Gasteiger partial charge in [0.05, 0.1) is 0 Å². The average molecular weight is 262 g/mol. The summed E-state index contributed by atoms with van der Waals surface area (Å²) in [6, 6.07) is -0.716. The lowest BCUT2D eigenvalue weighted by atomic mass is 10.1. The zero-order chi connectivity index (χ0) is 14.7. The Morgan fingerprint density at radius 1 is 1.11 bits per heavy atom. The van der Waals surface area contributed by atoms with E-state index in [0.717, 1.165) is 12.8 Å². The standard InChI is InChI=1S/C6H14N2O2.C5H8O3/c7-4-2-1-3-5(8)6(9)10;1-3(2)4(6)5(7)8/h5H,1-4,7-8H2,(H,9,10);3H,1-2H3,(H,7,8). The second-order valence-electron chi connectivity index (χ2n) is 4.05. The summed E-state index contributed by atoms with van der Waals surface area (Å²) in [6.07, 6.45) is 2.16. The molecule has 18 heavy (non-hydrogen) atoms. The average Bonchev–Trinajstić information content (AvgIpc) is 2.28. The SMILES string of the molecule is CC(C)C(=O)C(=O)O.NCCCCC(N)C(=O)O. The van der Waals surface area contributed by atoms with Crippen molar-refractivity contribution in [2.45, 2.75) is 39.2 Å². The fraction of sp³-hybridized carbons (Fsp3) is 0.727. The smallest absolute Gasteiger partial charge is 0.372 e. The van der Waals surface area contributed by atoms with Gasteiger partial charge in [0.2, 0.25) is 5.78 Å². The number of Topliss-reactive ketones (excluding diaryl/α,β-unsaturated/α-hetero) is 1. The molecule has 1 atom stereocenters. The normalized spacial score (nSPS) is 11.4. The minimum Gasteiger partial charge on any atom is -0.480 e. The third kappa shape index (κ3) is 11.0. The number of carbonyl (C=O) groups is 3. The Morgan fingerprint density at radius 2 is 1.61 bits per heavy atom. The molecule has 0 amide bonds. The monoisotopic (exact) mass is 262 g/mol. The van der Waals surface area contributed by atoms with Crippen molar-refractivity contribution in [3.8, 4) is 0 Å². The second kappa shape index (κ2) is 10.7. The summed E-state index contributed by atoms with van der Waals surface area (Å²) >= 11 is 0. The number of carbonyl (C=O) groups excluding carboxylic acids is 1. The molecule has 0 spiro atoms. The Morgan fingerprint density at radius 3 is 1.83 bits per heavy atom. The summed E-state index contributed by atoms with van der Waals surface area (Å²) in [6.45, 7) is 3.71. The second-order valence-corrected chi connectivity index (χ2v) is 4.05. The van der Waals surface area contributed by atoms with Crippen LogP contribution in [0.2, 0.25) is 0 Å². The van der Waals surface area contributed by atoms with Crippen LogP contribution in [0.1, 0.15) is 33.1 Å². The van der Waals surface area contributed by atoms with Crippen molar-refractivity contribution in [1.82, 2.24) is 0 Å². The van der Waals surface area contributed by atoms with Crippen molar-refractivity contribution in [3.05, 3.63) is 0 Å². The number of ketones is 1.